The summed E-state index contributed by atoms with van der Waals surface area (Å²) in [7, 11) is 3.22. The van der Waals surface area contributed by atoms with E-state index in [1.165, 1.54) is 0 Å². The molecule has 6 aromatic rings. The second kappa shape index (κ2) is 25.7. The molecule has 0 radical (unpaired) electrons. The number of nitrogens with zero attached hydrogens (tertiary/aromatic N) is 2. The number of hydrogen-bond acceptors (Lipinski definition) is 11. The Morgan fingerprint density at radius 1 is 0.548 bits per heavy atom. The fourth-order valence-corrected chi connectivity index (χ4v) is 10.7. The van der Waals surface area contributed by atoms with Gasteiger partial charge in [-0.05, 0) is 116 Å². The van der Waals surface area contributed by atoms with E-state index in [0.29, 0.717) is 45.9 Å². The molecular weight excluding hydrogens is 985 g/mol. The number of Topliss-reactive ketones (excluding diaryl/α,β-unsaturated/α-hetero) is 2. The molecule has 6 saturated heterocycles. The first kappa shape index (κ1) is 52.5. The van der Waals surface area contributed by atoms with Crippen molar-refractivity contribution >= 4 is 50.8 Å². The van der Waals surface area contributed by atoms with Crippen LogP contribution < -0.4 is 20.1 Å². The van der Waals surface area contributed by atoms with Crippen LogP contribution in [0.15, 0.2) is 170 Å². The van der Waals surface area contributed by atoms with Crippen LogP contribution in [0.3, 0.4) is 0 Å². The van der Waals surface area contributed by atoms with Crippen LogP contribution >= 0.6 is 15.9 Å². The highest BCUT2D eigenvalue weighted by Crippen LogP contribution is 2.37. The maximum absolute atomic E-state index is 13.5. The SMILES string of the molecule is COc1ccc(C(=O)CBr)cc1.COc1ccc(C(=O)C[N+]23CCC(CC2)[C@@H](OC(=O)[C@H](Nc2ccccc2)c2ccccc2)C3)cc1.O=C(O[C@H]1CN2CCC1CC2)[C@H](Nc1ccccc1)c1ccccc1. The molecule has 6 heterocycles. The van der Waals surface area contributed by atoms with Gasteiger partial charge in [0.2, 0.25) is 5.78 Å². The number of fused-ring (bicyclic) bond motifs is 6. The van der Waals surface area contributed by atoms with Gasteiger partial charge in [-0.1, -0.05) is 113 Å². The number of quaternary nitrogens is 1. The predicted molar refractivity (Wildman–Crippen MR) is 288 cm³/mol. The smallest absolute Gasteiger partial charge is 0.333 e. The molecule has 0 amide bonds. The van der Waals surface area contributed by atoms with Crippen LogP contribution in [-0.2, 0) is 19.1 Å². The topological polar surface area (TPSA) is 132 Å². The third-order valence-electron chi connectivity index (χ3n) is 14.5. The molecule has 4 atom stereocenters. The van der Waals surface area contributed by atoms with Gasteiger partial charge in [0, 0.05) is 47.8 Å². The van der Waals surface area contributed by atoms with Gasteiger partial charge in [0.15, 0.2) is 24.0 Å². The molecule has 2 N–H and O–H groups in total. The number of halogens is 1. The van der Waals surface area contributed by atoms with Gasteiger partial charge in [0.1, 0.15) is 30.7 Å². The summed E-state index contributed by atoms with van der Waals surface area (Å²) in [5.41, 5.74) is 4.98. The number of ether oxygens (including phenoxy) is 4. The van der Waals surface area contributed by atoms with Crippen LogP contribution in [0, 0.1) is 11.8 Å². The molecule has 0 saturated carbocycles. The van der Waals surface area contributed by atoms with Crippen LogP contribution in [0.1, 0.15) is 69.6 Å². The second-order valence-corrected chi connectivity index (χ2v) is 19.8. The van der Waals surface area contributed by atoms with Crippen molar-refractivity contribution in [3.05, 3.63) is 192 Å². The highest BCUT2D eigenvalue weighted by Gasteiger charge is 2.49. The van der Waals surface area contributed by atoms with E-state index < -0.39 is 12.1 Å². The van der Waals surface area contributed by atoms with Crippen molar-refractivity contribution < 1.29 is 42.6 Å². The Bertz CT molecular complexity index is 2680. The highest BCUT2D eigenvalue weighted by molar-refractivity contribution is 9.09. The standard InChI is InChI=1S/C30H33N2O4.C21H24N2O2.C9H9BrO2/c1-35-26-14-12-22(13-15-26)27(33)20-32-18-16-23(17-19-32)28(21-32)36-30(34)29(24-8-4-2-5-9-24)31-25-10-6-3-7-11-25;24-21(25-19-15-23-13-11-16(19)12-14-23)20(17-7-3-1-4-8-17)22-18-9-5-2-6-10-18;1-12-8-4-2-7(3-5-8)9(11)6-10/h2-15,23,28-29,31H,16-21H2,1H3;1-10,16,19-20,22H,11-15H2;2-5H,6H2,1H3/q+1;;/t23?,28-,29+,32?;19-,20+;/m00./s1. The van der Waals surface area contributed by atoms with Crippen molar-refractivity contribution in [1.29, 1.82) is 0 Å². The Labute approximate surface area is 437 Å². The maximum atomic E-state index is 13.5. The van der Waals surface area contributed by atoms with Gasteiger partial charge in [-0.2, -0.15) is 0 Å². The van der Waals surface area contributed by atoms with E-state index >= 15 is 0 Å². The number of nitrogens with one attached hydrogen (secondary N) is 2. The monoisotopic (exact) mass is 1050 g/mol. The fourth-order valence-electron chi connectivity index (χ4n) is 10.3. The lowest BCUT2D eigenvalue weighted by Crippen LogP contribution is -2.65. The first-order chi connectivity index (χ1) is 35.6. The Kier molecular flexibility index (Phi) is 18.5. The highest BCUT2D eigenvalue weighted by atomic mass is 79.9. The van der Waals surface area contributed by atoms with Crippen molar-refractivity contribution in [3.63, 3.8) is 0 Å². The Balaban J connectivity index is 0.000000165. The van der Waals surface area contributed by atoms with E-state index in [0.717, 1.165) is 92.4 Å². The third-order valence-corrected chi connectivity index (χ3v) is 15.0. The van der Waals surface area contributed by atoms with Crippen molar-refractivity contribution in [2.45, 2.75) is 50.0 Å². The number of para-hydroxylation sites is 2. The Morgan fingerprint density at radius 2 is 0.959 bits per heavy atom. The van der Waals surface area contributed by atoms with Crippen LogP contribution in [0.5, 0.6) is 11.5 Å². The average Bonchev–Trinajstić information content (AvgIpc) is 3.45. The van der Waals surface area contributed by atoms with E-state index in [9.17, 15) is 19.2 Å². The molecule has 12 rings (SSSR count). The number of benzene rings is 6. The molecule has 6 aromatic carbocycles. The van der Waals surface area contributed by atoms with Crippen LogP contribution in [0.4, 0.5) is 11.4 Å². The minimum Gasteiger partial charge on any atom is -0.497 e. The number of carbonyl (C=O) groups is 4. The molecule has 12 nitrogen and oxygen atoms in total. The number of anilines is 2. The molecule has 0 unspecified atom stereocenters. The lowest BCUT2D eigenvalue weighted by atomic mass is 9.82. The number of carbonyl (C=O) groups excluding carboxylic acids is 4. The van der Waals surface area contributed by atoms with E-state index in [-0.39, 0.29) is 35.7 Å². The summed E-state index contributed by atoms with van der Waals surface area (Å²) in [4.78, 5) is 53.2. The zero-order chi connectivity index (χ0) is 51.0. The molecule has 6 fully saturated rings. The summed E-state index contributed by atoms with van der Waals surface area (Å²) in [5, 5.41) is 7.06. The molecule has 0 aromatic heterocycles. The maximum Gasteiger partial charge on any atom is 0.333 e. The van der Waals surface area contributed by atoms with E-state index in [1.54, 1.807) is 38.5 Å². The van der Waals surface area contributed by atoms with Gasteiger partial charge < -0.3 is 34.1 Å². The van der Waals surface area contributed by atoms with Gasteiger partial charge in [-0.25, -0.2) is 9.59 Å². The zero-order valence-corrected chi connectivity index (χ0v) is 43.2. The summed E-state index contributed by atoms with van der Waals surface area (Å²) < 4.78 is 23.0. The molecule has 0 aliphatic carbocycles. The summed E-state index contributed by atoms with van der Waals surface area (Å²) in [6.07, 6.45) is 4.05. The summed E-state index contributed by atoms with van der Waals surface area (Å²) in [6.45, 7) is 6.17. The molecule has 13 heteroatoms. The minimum atomic E-state index is -0.599. The van der Waals surface area contributed by atoms with Gasteiger partial charge >= 0.3 is 11.9 Å². The summed E-state index contributed by atoms with van der Waals surface area (Å²) in [6, 6.07) is 52.3. The number of ketones is 2. The Morgan fingerprint density at radius 3 is 1.37 bits per heavy atom. The lowest BCUT2D eigenvalue weighted by molar-refractivity contribution is -0.938. The molecule has 0 spiro atoms. The van der Waals surface area contributed by atoms with Gasteiger partial charge in [-0.3, -0.25) is 14.5 Å². The predicted octanol–water partition coefficient (Wildman–Crippen LogP) is 10.6. The van der Waals surface area contributed by atoms with Gasteiger partial charge in [0.25, 0.3) is 0 Å². The van der Waals surface area contributed by atoms with Crippen molar-refractivity contribution in [1.82, 2.24) is 4.90 Å². The molecular formula is C60H66BrN4O8+. The van der Waals surface area contributed by atoms with Crippen molar-refractivity contribution in [3.8, 4) is 11.5 Å². The average molecular weight is 1050 g/mol. The zero-order valence-electron chi connectivity index (χ0n) is 41.7. The van der Waals surface area contributed by atoms with Crippen LogP contribution in [0.25, 0.3) is 0 Å². The van der Waals surface area contributed by atoms with Crippen molar-refractivity contribution in [2.24, 2.45) is 11.8 Å². The Hall–Kier alpha value is -6.80. The van der Waals surface area contributed by atoms with E-state index in [4.69, 9.17) is 18.9 Å². The quantitative estimate of drug-likeness (QED) is 0.0392. The number of piperidine rings is 6. The molecule has 4 bridgehead atoms. The van der Waals surface area contributed by atoms with E-state index in [2.05, 4.69) is 31.5 Å². The first-order valence-corrected chi connectivity index (χ1v) is 26.4. The number of esters is 2. The van der Waals surface area contributed by atoms with Gasteiger partial charge in [-0.15, -0.1) is 0 Å². The number of alkyl halides is 1. The first-order valence-electron chi connectivity index (χ1n) is 25.2. The molecule has 6 aliphatic rings. The molecule has 6 aliphatic heterocycles. The minimum absolute atomic E-state index is 0.0267. The number of rotatable bonds is 17. The summed E-state index contributed by atoms with van der Waals surface area (Å²) in [5.74, 6) is 2.11. The molecule has 73 heavy (non-hydrogen) atoms. The summed E-state index contributed by atoms with van der Waals surface area (Å²) >= 11 is 3.11. The third kappa shape index (κ3) is 14.2. The number of hydrogen-bond donors (Lipinski definition) is 2. The van der Waals surface area contributed by atoms with Crippen LogP contribution in [-0.4, -0.2) is 110 Å². The van der Waals surface area contributed by atoms with Gasteiger partial charge in [0.05, 0.1) is 32.6 Å². The largest absolute Gasteiger partial charge is 0.497 e. The lowest BCUT2D eigenvalue weighted by Gasteiger charge is -2.51. The second-order valence-electron chi connectivity index (χ2n) is 19.2. The van der Waals surface area contributed by atoms with Crippen molar-refractivity contribution in [2.75, 3.05) is 76.0 Å². The van der Waals surface area contributed by atoms with E-state index in [1.807, 2.05) is 146 Å². The normalized spacial score (nSPS) is 22.0. The molecule has 380 valence electrons. The number of methoxy groups -OCH3 is 2. The van der Waals surface area contributed by atoms with Crippen LogP contribution in [0.2, 0.25) is 0 Å². The fraction of sp³-hybridized carbons (Fsp3) is 0.333.